The zero-order chi connectivity index (χ0) is 13.6. The van der Waals surface area contributed by atoms with Crippen molar-refractivity contribution in [3.63, 3.8) is 0 Å². The lowest BCUT2D eigenvalue weighted by Crippen LogP contribution is -2.32. The molecule has 5 N–H and O–H groups in total. The van der Waals surface area contributed by atoms with E-state index in [9.17, 15) is 15.0 Å². The fraction of sp³-hybridized carbons (Fsp3) is 0.455. The van der Waals surface area contributed by atoms with Gasteiger partial charge in [-0.3, -0.25) is 4.79 Å². The van der Waals surface area contributed by atoms with Crippen LogP contribution in [0.2, 0.25) is 0 Å². The Morgan fingerprint density at radius 1 is 1.32 bits per heavy atom. The van der Waals surface area contributed by atoms with Crippen LogP contribution in [-0.2, 0) is 4.74 Å². The van der Waals surface area contributed by atoms with Gasteiger partial charge in [0.25, 0.3) is 5.56 Å². The summed E-state index contributed by atoms with van der Waals surface area (Å²) >= 11 is 0. The fourth-order valence-electron chi connectivity index (χ4n) is 2.34. The van der Waals surface area contributed by atoms with Crippen LogP contribution in [0.3, 0.4) is 0 Å². The number of hydrogen-bond donors (Lipinski definition) is 5. The number of fused-ring (bicyclic) bond motifs is 1. The second-order valence-electron chi connectivity index (χ2n) is 4.46. The topological polar surface area (TPSA) is 131 Å². The number of aliphatic hydroxyl groups excluding tert-OH is 3. The summed E-state index contributed by atoms with van der Waals surface area (Å²) < 4.78 is 5.41. The molecule has 3 heterocycles. The maximum atomic E-state index is 11.6. The molecule has 1 fully saturated rings. The van der Waals surface area contributed by atoms with Crippen molar-refractivity contribution in [3.05, 3.63) is 28.4 Å². The van der Waals surface area contributed by atoms with Crippen molar-refractivity contribution >= 4 is 11.0 Å². The van der Waals surface area contributed by atoms with Gasteiger partial charge in [-0.15, -0.1) is 0 Å². The van der Waals surface area contributed by atoms with E-state index in [0.717, 1.165) is 0 Å². The van der Waals surface area contributed by atoms with Crippen molar-refractivity contribution in [2.24, 2.45) is 0 Å². The molecule has 0 bridgehead atoms. The smallest absolute Gasteiger partial charge is 0.275 e. The predicted octanol–water partition coefficient (Wildman–Crippen LogP) is -1.59. The van der Waals surface area contributed by atoms with Crippen LogP contribution < -0.4 is 5.56 Å². The van der Waals surface area contributed by atoms with Crippen molar-refractivity contribution in [3.8, 4) is 0 Å². The van der Waals surface area contributed by atoms with E-state index in [0.29, 0.717) is 11.1 Å². The molecule has 1 saturated heterocycles. The Morgan fingerprint density at radius 3 is 2.79 bits per heavy atom. The molecule has 102 valence electrons. The zero-order valence-electron chi connectivity index (χ0n) is 9.78. The quantitative estimate of drug-likeness (QED) is 0.445. The monoisotopic (exact) mass is 267 g/mol. The minimum Gasteiger partial charge on any atom is -0.394 e. The molecule has 0 amide bonds. The fourth-order valence-corrected chi connectivity index (χ4v) is 2.34. The van der Waals surface area contributed by atoms with Gasteiger partial charge in [0.1, 0.15) is 35.4 Å². The summed E-state index contributed by atoms with van der Waals surface area (Å²) in [5.41, 5.74) is 0.792. The van der Waals surface area contributed by atoms with E-state index in [-0.39, 0.29) is 11.1 Å². The third-order valence-electron chi connectivity index (χ3n) is 3.35. The van der Waals surface area contributed by atoms with Crippen LogP contribution in [0.4, 0.5) is 0 Å². The standard InChI is InChI=1S/C11H13N3O5/c15-2-5-8(16)9(17)10(19-5)4-1-12-7-6(4)13-3-14-11(7)18/h1,3,5,8-10,12,15-17H,2H2,(H,13,14,18)/t5-,8-,9+,10-/m0/s1. The lowest BCUT2D eigenvalue weighted by molar-refractivity contribution is -0.0224. The second-order valence-corrected chi connectivity index (χ2v) is 4.46. The minimum atomic E-state index is -1.18. The molecule has 3 rings (SSSR count). The summed E-state index contributed by atoms with van der Waals surface area (Å²) in [5, 5.41) is 28.7. The van der Waals surface area contributed by atoms with Gasteiger partial charge in [-0.2, -0.15) is 0 Å². The number of aliphatic hydroxyl groups is 3. The highest BCUT2D eigenvalue weighted by molar-refractivity contribution is 5.78. The number of aromatic nitrogens is 3. The number of aromatic amines is 2. The van der Waals surface area contributed by atoms with Gasteiger partial charge in [0.2, 0.25) is 0 Å². The van der Waals surface area contributed by atoms with E-state index in [1.54, 1.807) is 0 Å². The van der Waals surface area contributed by atoms with Gasteiger partial charge in [0.05, 0.1) is 12.9 Å². The van der Waals surface area contributed by atoms with Gasteiger partial charge >= 0.3 is 0 Å². The number of H-pyrrole nitrogens is 2. The van der Waals surface area contributed by atoms with Crippen LogP contribution in [0, 0.1) is 0 Å². The van der Waals surface area contributed by atoms with E-state index < -0.39 is 31.0 Å². The molecule has 8 nitrogen and oxygen atoms in total. The van der Waals surface area contributed by atoms with Gasteiger partial charge < -0.3 is 30.0 Å². The van der Waals surface area contributed by atoms with E-state index in [1.807, 2.05) is 0 Å². The average molecular weight is 267 g/mol. The first-order valence-corrected chi connectivity index (χ1v) is 5.80. The van der Waals surface area contributed by atoms with Crippen LogP contribution in [-0.4, -0.2) is 55.2 Å². The lowest BCUT2D eigenvalue weighted by Gasteiger charge is -2.13. The third-order valence-corrected chi connectivity index (χ3v) is 3.35. The van der Waals surface area contributed by atoms with Gasteiger partial charge in [-0.25, -0.2) is 4.98 Å². The number of hydrogen-bond acceptors (Lipinski definition) is 6. The summed E-state index contributed by atoms with van der Waals surface area (Å²) in [4.78, 5) is 20.8. The first-order chi connectivity index (χ1) is 9.13. The molecule has 4 atom stereocenters. The third kappa shape index (κ3) is 1.77. The highest BCUT2D eigenvalue weighted by Crippen LogP contribution is 2.35. The van der Waals surface area contributed by atoms with Crippen LogP contribution in [0.15, 0.2) is 17.3 Å². The van der Waals surface area contributed by atoms with Gasteiger partial charge in [-0.05, 0) is 0 Å². The van der Waals surface area contributed by atoms with Gasteiger partial charge in [0.15, 0.2) is 0 Å². The van der Waals surface area contributed by atoms with E-state index in [2.05, 4.69) is 15.0 Å². The molecule has 1 aliphatic heterocycles. The molecule has 0 spiro atoms. The second kappa shape index (κ2) is 4.42. The maximum absolute atomic E-state index is 11.6. The average Bonchev–Trinajstić information content (AvgIpc) is 2.94. The molecule has 1 aliphatic rings. The summed E-state index contributed by atoms with van der Waals surface area (Å²) in [7, 11) is 0. The molecular weight excluding hydrogens is 254 g/mol. The number of rotatable bonds is 2. The number of nitrogens with zero attached hydrogens (tertiary/aromatic N) is 1. The Morgan fingerprint density at radius 2 is 2.11 bits per heavy atom. The Hall–Kier alpha value is -1.74. The molecule has 0 saturated carbocycles. The van der Waals surface area contributed by atoms with Crippen molar-refractivity contribution in [1.82, 2.24) is 15.0 Å². The maximum Gasteiger partial charge on any atom is 0.275 e. The molecule has 0 unspecified atom stereocenters. The van der Waals surface area contributed by atoms with Gasteiger partial charge in [0, 0.05) is 11.8 Å². The van der Waals surface area contributed by atoms with E-state index >= 15 is 0 Å². The predicted molar refractivity (Wildman–Crippen MR) is 63.4 cm³/mol. The van der Waals surface area contributed by atoms with Crippen molar-refractivity contribution in [1.29, 1.82) is 0 Å². The molecular formula is C11H13N3O5. The van der Waals surface area contributed by atoms with Crippen molar-refractivity contribution in [2.75, 3.05) is 6.61 Å². The number of ether oxygens (including phenoxy) is 1. The van der Waals surface area contributed by atoms with Crippen LogP contribution in [0.25, 0.3) is 11.0 Å². The number of nitrogens with one attached hydrogen (secondary N) is 2. The summed E-state index contributed by atoms with van der Waals surface area (Å²) in [6.45, 7) is -0.398. The zero-order valence-corrected chi connectivity index (χ0v) is 9.78. The summed E-state index contributed by atoms with van der Waals surface area (Å²) in [5.74, 6) is 0. The van der Waals surface area contributed by atoms with Crippen molar-refractivity contribution in [2.45, 2.75) is 24.4 Å². The summed E-state index contributed by atoms with van der Waals surface area (Å²) in [6.07, 6.45) is -1.29. The SMILES string of the molecule is O=c1[nH]cnc2c([C@@H]3O[C@@H](CO)[C@H](O)[C@H]3O)c[nH]c12. The lowest BCUT2D eigenvalue weighted by atomic mass is 10.0. The Bertz CT molecular complexity index is 651. The Kier molecular flexibility index (Phi) is 2.86. The van der Waals surface area contributed by atoms with E-state index in [1.165, 1.54) is 12.5 Å². The molecule has 2 aromatic rings. The van der Waals surface area contributed by atoms with Crippen LogP contribution in [0.5, 0.6) is 0 Å². The minimum absolute atomic E-state index is 0.273. The van der Waals surface area contributed by atoms with Crippen LogP contribution >= 0.6 is 0 Å². The van der Waals surface area contributed by atoms with Crippen molar-refractivity contribution < 1.29 is 20.1 Å². The Labute approximate surface area is 106 Å². The first-order valence-electron chi connectivity index (χ1n) is 5.80. The normalized spacial score (nSPS) is 31.1. The Balaban J connectivity index is 2.06. The summed E-state index contributed by atoms with van der Waals surface area (Å²) in [6, 6.07) is 0. The highest BCUT2D eigenvalue weighted by atomic mass is 16.6. The molecule has 0 aromatic carbocycles. The van der Waals surface area contributed by atoms with E-state index in [4.69, 9.17) is 9.84 Å². The molecule has 0 radical (unpaired) electrons. The van der Waals surface area contributed by atoms with Gasteiger partial charge in [-0.1, -0.05) is 0 Å². The molecule has 8 heteroatoms. The molecule has 19 heavy (non-hydrogen) atoms. The molecule has 0 aliphatic carbocycles. The largest absolute Gasteiger partial charge is 0.394 e. The molecule has 2 aromatic heterocycles. The van der Waals surface area contributed by atoms with Crippen LogP contribution in [0.1, 0.15) is 11.7 Å². The highest BCUT2D eigenvalue weighted by Gasteiger charge is 2.44. The first kappa shape index (κ1) is 12.3.